The lowest BCUT2D eigenvalue weighted by atomic mass is 9.77. The van der Waals surface area contributed by atoms with Crippen LogP contribution in [0.15, 0.2) is 30.5 Å². The van der Waals surface area contributed by atoms with E-state index < -0.39 is 0 Å². The van der Waals surface area contributed by atoms with Gasteiger partial charge in [0, 0.05) is 0 Å². The van der Waals surface area contributed by atoms with E-state index in [0.717, 1.165) is 29.7 Å². The van der Waals surface area contributed by atoms with Gasteiger partial charge in [0.15, 0.2) is 0 Å². The third kappa shape index (κ3) is 2.84. The van der Waals surface area contributed by atoms with Gasteiger partial charge >= 0.3 is 0 Å². The lowest BCUT2D eigenvalue weighted by molar-refractivity contribution is 0.0895. The molecule has 1 aromatic heterocycles. The van der Waals surface area contributed by atoms with Crippen LogP contribution in [-0.2, 0) is 0 Å². The van der Waals surface area contributed by atoms with Crippen LogP contribution in [0, 0.1) is 12.8 Å². The number of H-pyrrole nitrogens is 1. The number of methoxy groups -OCH3 is 1. The van der Waals surface area contributed by atoms with Crippen molar-refractivity contribution in [3.05, 3.63) is 47.3 Å². The third-order valence-electron chi connectivity index (χ3n) is 4.44. The van der Waals surface area contributed by atoms with Crippen LogP contribution in [0.3, 0.4) is 0 Å². The SMILES string of the molecule is COc1ccc(C(NC(=O)c2[nH]ncc2C)C2CCC2)cc1. The second-order valence-corrected chi connectivity index (χ2v) is 5.84. The lowest BCUT2D eigenvalue weighted by Gasteiger charge is -2.34. The summed E-state index contributed by atoms with van der Waals surface area (Å²) in [5.41, 5.74) is 2.52. The maximum Gasteiger partial charge on any atom is 0.270 e. The van der Waals surface area contributed by atoms with Crippen LogP contribution in [0.1, 0.15) is 46.9 Å². The monoisotopic (exact) mass is 299 g/mol. The maximum atomic E-state index is 12.5. The van der Waals surface area contributed by atoms with E-state index in [0.29, 0.717) is 11.6 Å². The molecule has 1 atom stereocenters. The minimum absolute atomic E-state index is 0.0369. The number of carbonyl (C=O) groups excluding carboxylic acids is 1. The Morgan fingerprint density at radius 2 is 2.09 bits per heavy atom. The highest BCUT2D eigenvalue weighted by Gasteiger charge is 2.30. The number of aromatic amines is 1. The maximum absolute atomic E-state index is 12.5. The number of hydrogen-bond acceptors (Lipinski definition) is 3. The molecule has 0 saturated heterocycles. The van der Waals surface area contributed by atoms with Crippen molar-refractivity contribution >= 4 is 5.91 Å². The number of hydrogen-bond donors (Lipinski definition) is 2. The van der Waals surface area contributed by atoms with Crippen molar-refractivity contribution in [1.29, 1.82) is 0 Å². The second kappa shape index (κ2) is 6.22. The minimum Gasteiger partial charge on any atom is -0.497 e. The first-order valence-corrected chi connectivity index (χ1v) is 7.64. The van der Waals surface area contributed by atoms with Crippen LogP contribution < -0.4 is 10.1 Å². The largest absolute Gasteiger partial charge is 0.497 e. The first-order chi connectivity index (χ1) is 10.7. The zero-order valence-electron chi connectivity index (χ0n) is 12.9. The summed E-state index contributed by atoms with van der Waals surface area (Å²) >= 11 is 0. The van der Waals surface area contributed by atoms with Crippen LogP contribution in [0.25, 0.3) is 0 Å². The van der Waals surface area contributed by atoms with Gasteiger partial charge < -0.3 is 10.1 Å². The zero-order valence-corrected chi connectivity index (χ0v) is 12.9. The molecular weight excluding hydrogens is 278 g/mol. The molecule has 1 unspecified atom stereocenters. The number of aryl methyl sites for hydroxylation is 1. The molecular formula is C17H21N3O2. The van der Waals surface area contributed by atoms with Gasteiger partial charge in [-0.2, -0.15) is 5.10 Å². The van der Waals surface area contributed by atoms with Crippen molar-refractivity contribution in [2.24, 2.45) is 5.92 Å². The number of nitrogens with one attached hydrogen (secondary N) is 2. The Morgan fingerprint density at radius 1 is 1.36 bits per heavy atom. The molecule has 2 aromatic rings. The van der Waals surface area contributed by atoms with E-state index in [-0.39, 0.29) is 11.9 Å². The molecule has 5 nitrogen and oxygen atoms in total. The number of ether oxygens (including phenoxy) is 1. The van der Waals surface area contributed by atoms with Gasteiger partial charge in [-0.05, 0) is 48.9 Å². The molecule has 0 spiro atoms. The summed E-state index contributed by atoms with van der Waals surface area (Å²) in [7, 11) is 1.65. The Kier molecular flexibility index (Phi) is 4.13. The minimum atomic E-state index is -0.0947. The molecule has 0 aliphatic heterocycles. The highest BCUT2D eigenvalue weighted by Crippen LogP contribution is 2.38. The van der Waals surface area contributed by atoms with E-state index >= 15 is 0 Å². The molecule has 5 heteroatoms. The molecule has 1 aliphatic rings. The molecule has 0 bridgehead atoms. The van der Waals surface area contributed by atoms with Crippen molar-refractivity contribution in [2.75, 3.05) is 7.11 Å². The second-order valence-electron chi connectivity index (χ2n) is 5.84. The average Bonchev–Trinajstić information content (AvgIpc) is 2.91. The molecule has 1 aromatic carbocycles. The lowest BCUT2D eigenvalue weighted by Crippen LogP contribution is -2.36. The number of rotatable bonds is 5. The molecule has 116 valence electrons. The Balaban J connectivity index is 1.80. The Hall–Kier alpha value is -2.30. The van der Waals surface area contributed by atoms with Gasteiger partial charge in [-0.15, -0.1) is 0 Å². The predicted octanol–water partition coefficient (Wildman–Crippen LogP) is 3.00. The van der Waals surface area contributed by atoms with Gasteiger partial charge in [0.2, 0.25) is 0 Å². The molecule has 22 heavy (non-hydrogen) atoms. The smallest absolute Gasteiger partial charge is 0.270 e. The number of amides is 1. The van der Waals surface area contributed by atoms with Gasteiger partial charge in [0.1, 0.15) is 11.4 Å². The van der Waals surface area contributed by atoms with Crippen molar-refractivity contribution in [3.8, 4) is 5.75 Å². The number of benzene rings is 1. The van der Waals surface area contributed by atoms with Gasteiger partial charge in [-0.3, -0.25) is 9.89 Å². The van der Waals surface area contributed by atoms with E-state index in [1.165, 1.54) is 6.42 Å². The van der Waals surface area contributed by atoms with E-state index in [2.05, 4.69) is 15.5 Å². The topological polar surface area (TPSA) is 67.0 Å². The van der Waals surface area contributed by atoms with Gasteiger partial charge in [0.25, 0.3) is 5.91 Å². The molecule has 1 heterocycles. The number of carbonyl (C=O) groups is 1. The molecule has 0 radical (unpaired) electrons. The summed E-state index contributed by atoms with van der Waals surface area (Å²) in [5, 5.41) is 9.86. The van der Waals surface area contributed by atoms with E-state index in [1.54, 1.807) is 13.3 Å². The summed E-state index contributed by atoms with van der Waals surface area (Å²) in [6, 6.07) is 7.97. The number of nitrogens with zero attached hydrogens (tertiary/aromatic N) is 1. The molecule has 1 fully saturated rings. The predicted molar refractivity (Wildman–Crippen MR) is 83.9 cm³/mol. The Morgan fingerprint density at radius 3 is 2.59 bits per heavy atom. The van der Waals surface area contributed by atoms with Crippen molar-refractivity contribution in [3.63, 3.8) is 0 Å². The summed E-state index contributed by atoms with van der Waals surface area (Å²) in [5.74, 6) is 1.23. The summed E-state index contributed by atoms with van der Waals surface area (Å²) in [4.78, 5) is 12.5. The van der Waals surface area contributed by atoms with E-state index in [9.17, 15) is 4.79 Å². The first kappa shape index (κ1) is 14.6. The fourth-order valence-corrected chi connectivity index (χ4v) is 2.85. The van der Waals surface area contributed by atoms with E-state index in [1.807, 2.05) is 31.2 Å². The fourth-order valence-electron chi connectivity index (χ4n) is 2.85. The normalized spacial score (nSPS) is 15.9. The van der Waals surface area contributed by atoms with Gasteiger partial charge in [-0.1, -0.05) is 18.6 Å². The van der Waals surface area contributed by atoms with Crippen molar-refractivity contribution in [2.45, 2.75) is 32.2 Å². The summed E-state index contributed by atoms with van der Waals surface area (Å²) in [6.07, 6.45) is 5.20. The molecule has 1 saturated carbocycles. The fraction of sp³-hybridized carbons (Fsp3) is 0.412. The molecule has 2 N–H and O–H groups in total. The van der Waals surface area contributed by atoms with Crippen LogP contribution in [-0.4, -0.2) is 23.2 Å². The summed E-state index contributed by atoms with van der Waals surface area (Å²) in [6.45, 7) is 1.88. The zero-order chi connectivity index (χ0) is 15.5. The Labute approximate surface area is 130 Å². The average molecular weight is 299 g/mol. The molecule has 3 rings (SSSR count). The quantitative estimate of drug-likeness (QED) is 0.892. The van der Waals surface area contributed by atoms with Gasteiger partial charge in [0.05, 0.1) is 19.3 Å². The van der Waals surface area contributed by atoms with Crippen molar-refractivity contribution < 1.29 is 9.53 Å². The highest BCUT2D eigenvalue weighted by molar-refractivity contribution is 5.93. The molecule has 1 aliphatic carbocycles. The highest BCUT2D eigenvalue weighted by atomic mass is 16.5. The van der Waals surface area contributed by atoms with Crippen LogP contribution in [0.4, 0.5) is 0 Å². The first-order valence-electron chi connectivity index (χ1n) is 7.64. The standard InChI is InChI=1S/C17H21N3O2/c1-11-10-18-20-15(11)17(21)19-16(12-4-3-5-12)13-6-8-14(22-2)9-7-13/h6-10,12,16H,3-5H2,1-2H3,(H,18,20)(H,19,21). The van der Waals surface area contributed by atoms with Gasteiger partial charge in [-0.25, -0.2) is 0 Å². The van der Waals surface area contributed by atoms with Crippen molar-refractivity contribution in [1.82, 2.24) is 15.5 Å². The Bertz CT molecular complexity index is 644. The number of aromatic nitrogens is 2. The van der Waals surface area contributed by atoms with E-state index in [4.69, 9.17) is 4.74 Å². The van der Waals surface area contributed by atoms with Crippen LogP contribution in [0.2, 0.25) is 0 Å². The molecule has 1 amide bonds. The third-order valence-corrected chi connectivity index (χ3v) is 4.44. The van der Waals surface area contributed by atoms with Crippen LogP contribution >= 0.6 is 0 Å². The summed E-state index contributed by atoms with van der Waals surface area (Å²) < 4.78 is 5.20. The van der Waals surface area contributed by atoms with Crippen LogP contribution in [0.5, 0.6) is 5.75 Å².